The fraction of sp³-hybridized carbons (Fsp3) is 0.842. The summed E-state index contributed by atoms with van der Waals surface area (Å²) >= 11 is 0. The molecule has 6 atom stereocenters. The van der Waals surface area contributed by atoms with E-state index in [1.807, 2.05) is 0 Å². The maximum absolute atomic E-state index is 10.4. The summed E-state index contributed by atoms with van der Waals surface area (Å²) in [5, 5.41) is 20.4. The third kappa shape index (κ3) is 3.40. The Hall–Kier alpha value is 2.54. The van der Waals surface area contributed by atoms with Gasteiger partial charge in [0.25, 0.3) is 0 Å². The molecule has 2 nitrogen and oxygen atoms in total. The SMILES string of the molecule is C[C@]12CC[C@H](O)CC1=CC[C@@H]1[C@@H]2CC[C@]2(C)[C-](O)CC[C@@H]12.[Ac].[Ac]. The van der Waals surface area contributed by atoms with Crippen molar-refractivity contribution in [3.8, 4) is 0 Å². The van der Waals surface area contributed by atoms with Crippen molar-refractivity contribution in [2.45, 2.75) is 71.3 Å². The van der Waals surface area contributed by atoms with Crippen LogP contribution in [0.2, 0.25) is 0 Å². The minimum atomic E-state index is -0.112. The van der Waals surface area contributed by atoms with Crippen molar-refractivity contribution >= 4 is 0 Å². The summed E-state index contributed by atoms with van der Waals surface area (Å²) in [7, 11) is 0. The molecular formula is C19H29Ac2O2-. The molecule has 0 aromatic heterocycles. The molecule has 0 unspecified atom stereocenters. The summed E-state index contributed by atoms with van der Waals surface area (Å²) in [4.78, 5) is 0. The van der Waals surface area contributed by atoms with E-state index in [4.69, 9.17) is 0 Å². The largest absolute Gasteiger partial charge is 0.562 e. The van der Waals surface area contributed by atoms with Crippen LogP contribution in [-0.2, 0) is 0 Å². The normalized spacial score (nSPS) is 49.0. The van der Waals surface area contributed by atoms with Crippen LogP contribution in [0.5, 0.6) is 0 Å². The first-order valence-electron chi connectivity index (χ1n) is 8.88. The van der Waals surface area contributed by atoms with Gasteiger partial charge in [-0.1, -0.05) is 50.7 Å². The van der Waals surface area contributed by atoms with Crippen molar-refractivity contribution < 1.29 is 98.3 Å². The van der Waals surface area contributed by atoms with E-state index in [0.29, 0.717) is 11.3 Å². The summed E-state index contributed by atoms with van der Waals surface area (Å²) in [6, 6.07) is 0. The first kappa shape index (κ1) is 21.8. The van der Waals surface area contributed by atoms with Crippen LogP contribution in [0.25, 0.3) is 0 Å². The van der Waals surface area contributed by atoms with Crippen LogP contribution in [0.4, 0.5) is 0 Å². The Morgan fingerprint density at radius 2 is 1.83 bits per heavy atom. The zero-order valence-corrected chi connectivity index (χ0v) is 24.1. The van der Waals surface area contributed by atoms with Crippen LogP contribution in [0.3, 0.4) is 0 Å². The molecule has 0 aliphatic heterocycles. The first-order valence-corrected chi connectivity index (χ1v) is 8.88. The Kier molecular flexibility index (Phi) is 7.48. The summed E-state index contributed by atoms with van der Waals surface area (Å²) in [5.41, 5.74) is 1.95. The molecule has 23 heavy (non-hydrogen) atoms. The Morgan fingerprint density at radius 3 is 2.57 bits per heavy atom. The number of fused-ring (bicyclic) bond motifs is 5. The van der Waals surface area contributed by atoms with Gasteiger partial charge in [0.15, 0.2) is 0 Å². The molecule has 124 valence electrons. The van der Waals surface area contributed by atoms with Gasteiger partial charge in [-0.25, -0.2) is 0 Å². The maximum Gasteiger partial charge on any atom is 0.0577 e. The van der Waals surface area contributed by atoms with Gasteiger partial charge in [0, 0.05) is 88.1 Å². The van der Waals surface area contributed by atoms with Crippen LogP contribution in [0.15, 0.2) is 11.6 Å². The average molecular weight is 743 g/mol. The summed E-state index contributed by atoms with van der Waals surface area (Å²) < 4.78 is 0. The summed E-state index contributed by atoms with van der Waals surface area (Å²) in [5.74, 6) is 2.20. The quantitative estimate of drug-likeness (QED) is 0.289. The minimum absolute atomic E-state index is 0. The number of allylic oxidation sites excluding steroid dienone is 1. The van der Waals surface area contributed by atoms with Gasteiger partial charge in [-0.15, -0.1) is 5.41 Å². The molecule has 4 rings (SSSR count). The van der Waals surface area contributed by atoms with E-state index in [1.165, 1.54) is 24.8 Å². The van der Waals surface area contributed by atoms with Gasteiger partial charge in [-0.2, -0.15) is 12.5 Å². The molecule has 0 aromatic carbocycles. The summed E-state index contributed by atoms with van der Waals surface area (Å²) in [6.07, 6.45) is 11.9. The van der Waals surface area contributed by atoms with Crippen molar-refractivity contribution in [1.29, 1.82) is 0 Å². The molecule has 0 amide bonds. The third-order valence-electron chi connectivity index (χ3n) is 7.82. The molecule has 4 heteroatoms. The molecule has 4 aliphatic carbocycles. The van der Waals surface area contributed by atoms with E-state index in [-0.39, 0.29) is 99.6 Å². The fourth-order valence-corrected chi connectivity index (χ4v) is 6.43. The number of rotatable bonds is 0. The Morgan fingerprint density at radius 1 is 1.09 bits per heavy atom. The van der Waals surface area contributed by atoms with Gasteiger partial charge >= 0.3 is 0 Å². The van der Waals surface area contributed by atoms with Crippen molar-refractivity contribution in [3.63, 3.8) is 0 Å². The topological polar surface area (TPSA) is 40.5 Å². The van der Waals surface area contributed by atoms with Crippen molar-refractivity contribution in [3.05, 3.63) is 17.8 Å². The van der Waals surface area contributed by atoms with Crippen molar-refractivity contribution in [2.75, 3.05) is 0 Å². The molecular weight excluding hydrogens is 714 g/mol. The Bertz CT molecular complexity index is 480. The standard InChI is InChI=1S/C19H29O2.2Ac/c1-18-9-7-13(20)11-12(18)3-4-14-15-5-6-17(21)19(15,2)10-8-16(14)18;;/h3,13-16,20-21H,4-11H2,1-2H3;;/q-1;;/t13-,14-,15-,16-,18-,19-;;/m0../s1. The van der Waals surface area contributed by atoms with Gasteiger partial charge in [0.05, 0.1) is 6.10 Å². The van der Waals surface area contributed by atoms with Gasteiger partial charge in [-0.05, 0) is 42.9 Å². The second-order valence-electron chi connectivity index (χ2n) is 8.60. The van der Waals surface area contributed by atoms with Crippen LogP contribution in [0.1, 0.15) is 65.2 Å². The molecule has 0 spiro atoms. The number of hydrogen-bond acceptors (Lipinski definition) is 2. The zero-order valence-electron chi connectivity index (χ0n) is 14.6. The van der Waals surface area contributed by atoms with E-state index in [9.17, 15) is 10.2 Å². The molecule has 0 heterocycles. The smallest absolute Gasteiger partial charge is 0.0577 e. The average Bonchev–Trinajstić information content (AvgIpc) is 2.76. The van der Waals surface area contributed by atoms with Crippen molar-refractivity contribution in [1.82, 2.24) is 0 Å². The maximum atomic E-state index is 10.4. The predicted octanol–water partition coefficient (Wildman–Crippen LogP) is 4.21. The molecule has 4 aliphatic rings. The first-order chi connectivity index (χ1) is 9.95. The Labute approximate surface area is 212 Å². The van der Waals surface area contributed by atoms with Gasteiger partial charge in [0.2, 0.25) is 0 Å². The van der Waals surface area contributed by atoms with Crippen LogP contribution >= 0.6 is 0 Å². The van der Waals surface area contributed by atoms with Crippen LogP contribution < -0.4 is 0 Å². The molecule has 0 bridgehead atoms. The molecule has 0 aromatic rings. The second kappa shape index (κ2) is 7.88. The van der Waals surface area contributed by atoms with E-state index in [2.05, 4.69) is 19.9 Å². The summed E-state index contributed by atoms with van der Waals surface area (Å²) in [6.45, 7) is 4.77. The fourth-order valence-electron chi connectivity index (χ4n) is 6.43. The molecule has 3 saturated carbocycles. The second-order valence-corrected chi connectivity index (χ2v) is 8.60. The van der Waals surface area contributed by atoms with E-state index >= 15 is 0 Å². The van der Waals surface area contributed by atoms with Gasteiger partial charge in [-0.3, -0.25) is 0 Å². The Balaban J connectivity index is 0.000000960. The monoisotopic (exact) mass is 743 g/mol. The van der Waals surface area contributed by atoms with Gasteiger partial charge in [0.1, 0.15) is 0 Å². The van der Waals surface area contributed by atoms with Crippen LogP contribution in [-0.4, -0.2) is 16.3 Å². The molecule has 2 N–H and O–H groups in total. The zero-order chi connectivity index (χ0) is 14.8. The molecule has 2 radical (unpaired) electrons. The number of aliphatic hydroxyl groups excluding tert-OH is 2. The van der Waals surface area contributed by atoms with Crippen molar-refractivity contribution in [2.24, 2.45) is 28.6 Å². The molecule has 0 saturated heterocycles. The predicted molar refractivity (Wildman–Crippen MR) is 82.9 cm³/mol. The number of hydrogen-bond donors (Lipinski definition) is 2. The van der Waals surface area contributed by atoms with E-state index < -0.39 is 0 Å². The van der Waals surface area contributed by atoms with Crippen LogP contribution in [0, 0.1) is 123 Å². The van der Waals surface area contributed by atoms with E-state index in [1.54, 1.807) is 0 Å². The molecule has 3 fully saturated rings. The van der Waals surface area contributed by atoms with Gasteiger partial charge < -0.3 is 10.2 Å². The third-order valence-corrected chi connectivity index (χ3v) is 7.82. The minimum Gasteiger partial charge on any atom is -0.562 e. The van der Waals surface area contributed by atoms with E-state index in [0.717, 1.165) is 50.0 Å². The number of aliphatic hydroxyl groups is 2.